The van der Waals surface area contributed by atoms with Gasteiger partial charge in [-0.05, 0) is 12.1 Å². The van der Waals surface area contributed by atoms with Crippen LogP contribution in [0.2, 0.25) is 0 Å². The van der Waals surface area contributed by atoms with E-state index in [0.717, 1.165) is 0 Å². The first-order valence-corrected chi connectivity index (χ1v) is 5.24. The maximum Gasteiger partial charge on any atom is 0.339 e. The molecule has 0 aliphatic heterocycles. The Hall–Kier alpha value is -1.11. The highest BCUT2D eigenvalue weighted by Gasteiger charge is 2.18. The normalized spacial score (nSPS) is 14.2. The van der Waals surface area contributed by atoms with Crippen LogP contribution < -0.4 is 0 Å². The smallest absolute Gasteiger partial charge is 0.339 e. The predicted molar refractivity (Wildman–Crippen MR) is 60.4 cm³/mol. The molecule has 2 unspecified atom stereocenters. The van der Waals surface area contributed by atoms with Gasteiger partial charge in [-0.15, -0.1) is 0 Å². The zero-order valence-corrected chi connectivity index (χ0v) is 9.59. The van der Waals surface area contributed by atoms with Crippen molar-refractivity contribution in [2.24, 2.45) is 0 Å². The second-order valence-electron chi connectivity index (χ2n) is 3.16. The number of hydrogen-bond acceptors (Lipinski definition) is 6. The summed E-state index contributed by atoms with van der Waals surface area (Å²) in [5, 5.41) is 18.9. The van der Waals surface area contributed by atoms with Crippen molar-refractivity contribution in [3.05, 3.63) is 29.6 Å². The summed E-state index contributed by atoms with van der Waals surface area (Å²) < 4.78 is 4.50. The number of methoxy groups -OCH3 is 1. The summed E-state index contributed by atoms with van der Waals surface area (Å²) in [7, 11) is 1.27. The van der Waals surface area contributed by atoms with Crippen LogP contribution in [0.4, 0.5) is 0 Å². The average molecular weight is 243 g/mol. The molecule has 1 heterocycles. The molecule has 88 valence electrons. The number of pyridine rings is 1. The van der Waals surface area contributed by atoms with Gasteiger partial charge in [-0.3, -0.25) is 4.98 Å². The Kier molecular flexibility index (Phi) is 4.72. The Labute approximate surface area is 98.5 Å². The minimum atomic E-state index is -1.11. The predicted octanol–water partition coefficient (Wildman–Crippen LogP) is 0.192. The van der Waals surface area contributed by atoms with E-state index in [1.165, 1.54) is 25.4 Å². The lowest BCUT2D eigenvalue weighted by atomic mass is 10.1. The highest BCUT2D eigenvalue weighted by atomic mass is 32.1. The van der Waals surface area contributed by atoms with Gasteiger partial charge in [0.05, 0.1) is 24.5 Å². The number of aliphatic hydroxyl groups excluding tert-OH is 2. The number of aliphatic hydroxyl groups is 2. The Balaban J connectivity index is 2.82. The quantitative estimate of drug-likeness (QED) is 0.520. The lowest BCUT2D eigenvalue weighted by Gasteiger charge is -2.14. The van der Waals surface area contributed by atoms with Crippen LogP contribution in [0, 0.1) is 0 Å². The van der Waals surface area contributed by atoms with Crippen LogP contribution in [0.5, 0.6) is 0 Å². The van der Waals surface area contributed by atoms with Crippen LogP contribution in [0.25, 0.3) is 0 Å². The molecule has 1 rings (SSSR count). The van der Waals surface area contributed by atoms with Gasteiger partial charge in [0.1, 0.15) is 6.10 Å². The van der Waals surface area contributed by atoms with E-state index >= 15 is 0 Å². The molecule has 5 nitrogen and oxygen atoms in total. The molecule has 0 amide bonds. The van der Waals surface area contributed by atoms with Crippen molar-refractivity contribution in [3.8, 4) is 0 Å². The highest BCUT2D eigenvalue weighted by Crippen LogP contribution is 2.15. The van der Waals surface area contributed by atoms with Gasteiger partial charge in [0.2, 0.25) is 0 Å². The van der Waals surface area contributed by atoms with E-state index in [1.54, 1.807) is 0 Å². The summed E-state index contributed by atoms with van der Waals surface area (Å²) in [4.78, 5) is 15.0. The molecule has 0 fully saturated rings. The van der Waals surface area contributed by atoms with Crippen molar-refractivity contribution in [2.45, 2.75) is 12.2 Å². The minimum absolute atomic E-state index is 0.127. The fraction of sp³-hybridized carbons (Fsp3) is 0.400. The summed E-state index contributed by atoms with van der Waals surface area (Å²) in [6.07, 6.45) is -0.806. The van der Waals surface area contributed by atoms with Gasteiger partial charge in [0, 0.05) is 11.9 Å². The van der Waals surface area contributed by atoms with Crippen LogP contribution in [0.15, 0.2) is 18.3 Å². The van der Waals surface area contributed by atoms with Crippen molar-refractivity contribution in [1.82, 2.24) is 4.98 Å². The Morgan fingerprint density at radius 2 is 2.25 bits per heavy atom. The second kappa shape index (κ2) is 5.83. The number of carbonyl (C=O) groups is 1. The van der Waals surface area contributed by atoms with Gasteiger partial charge < -0.3 is 14.9 Å². The van der Waals surface area contributed by atoms with Gasteiger partial charge in [-0.1, -0.05) is 0 Å². The lowest BCUT2D eigenvalue weighted by molar-refractivity contribution is 0.0310. The van der Waals surface area contributed by atoms with Crippen LogP contribution in [0.3, 0.4) is 0 Å². The van der Waals surface area contributed by atoms with Crippen molar-refractivity contribution < 1.29 is 19.7 Å². The van der Waals surface area contributed by atoms with Gasteiger partial charge in [0.25, 0.3) is 0 Å². The van der Waals surface area contributed by atoms with Gasteiger partial charge >= 0.3 is 5.97 Å². The first kappa shape index (κ1) is 13.0. The maximum absolute atomic E-state index is 11.1. The summed E-state index contributed by atoms with van der Waals surface area (Å²) in [6, 6.07) is 2.94. The lowest BCUT2D eigenvalue weighted by Crippen LogP contribution is -2.20. The Bertz CT molecular complexity index is 354. The molecule has 0 bridgehead atoms. The summed E-state index contributed by atoms with van der Waals surface area (Å²) in [6.45, 7) is 0. The molecule has 0 spiro atoms. The summed E-state index contributed by atoms with van der Waals surface area (Å²) in [5.41, 5.74) is 0.577. The van der Waals surface area contributed by atoms with Gasteiger partial charge in [-0.25, -0.2) is 4.79 Å². The third-order valence-corrected chi connectivity index (χ3v) is 2.44. The van der Waals surface area contributed by atoms with E-state index in [2.05, 4.69) is 22.3 Å². The molecule has 6 heteroatoms. The Morgan fingerprint density at radius 3 is 2.69 bits per heavy atom. The molecule has 0 aromatic carbocycles. The number of esters is 1. The van der Waals surface area contributed by atoms with Crippen LogP contribution in [0.1, 0.15) is 22.2 Å². The van der Waals surface area contributed by atoms with E-state index < -0.39 is 18.2 Å². The van der Waals surface area contributed by atoms with E-state index in [0.29, 0.717) is 5.56 Å². The van der Waals surface area contributed by atoms with Crippen molar-refractivity contribution in [2.75, 3.05) is 12.9 Å². The number of thiol groups is 1. The van der Waals surface area contributed by atoms with Gasteiger partial charge in [-0.2, -0.15) is 12.6 Å². The zero-order chi connectivity index (χ0) is 12.1. The van der Waals surface area contributed by atoms with Crippen LogP contribution in [-0.4, -0.2) is 40.1 Å². The highest BCUT2D eigenvalue weighted by molar-refractivity contribution is 7.80. The first-order chi connectivity index (χ1) is 7.60. The third kappa shape index (κ3) is 2.94. The maximum atomic E-state index is 11.1. The number of carbonyl (C=O) groups excluding carboxylic acids is 1. The van der Waals surface area contributed by atoms with Crippen molar-refractivity contribution in [1.29, 1.82) is 0 Å². The number of aromatic nitrogens is 1. The molecule has 0 aliphatic carbocycles. The van der Waals surface area contributed by atoms with Gasteiger partial charge in [0.15, 0.2) is 0 Å². The van der Waals surface area contributed by atoms with E-state index in [9.17, 15) is 15.0 Å². The summed E-state index contributed by atoms with van der Waals surface area (Å²) >= 11 is 3.86. The molecule has 0 radical (unpaired) electrons. The monoisotopic (exact) mass is 243 g/mol. The number of nitrogens with zero attached hydrogens (tertiary/aromatic N) is 1. The largest absolute Gasteiger partial charge is 0.465 e. The minimum Gasteiger partial charge on any atom is -0.465 e. The molecular weight excluding hydrogens is 230 g/mol. The van der Waals surface area contributed by atoms with Crippen molar-refractivity contribution in [3.63, 3.8) is 0 Å². The summed E-state index contributed by atoms with van der Waals surface area (Å²) in [5.74, 6) is -0.370. The number of ether oxygens (including phenoxy) is 1. The molecule has 1 aromatic rings. The van der Waals surface area contributed by atoms with Crippen LogP contribution >= 0.6 is 12.6 Å². The third-order valence-electron chi connectivity index (χ3n) is 2.06. The van der Waals surface area contributed by atoms with E-state index in [-0.39, 0.29) is 11.4 Å². The average Bonchev–Trinajstić information content (AvgIpc) is 2.36. The van der Waals surface area contributed by atoms with E-state index in [1.807, 2.05) is 0 Å². The second-order valence-corrected chi connectivity index (χ2v) is 3.52. The van der Waals surface area contributed by atoms with Crippen LogP contribution in [-0.2, 0) is 4.74 Å². The molecule has 2 atom stereocenters. The molecule has 0 saturated heterocycles. The first-order valence-electron chi connectivity index (χ1n) is 4.61. The van der Waals surface area contributed by atoms with Crippen molar-refractivity contribution >= 4 is 18.6 Å². The molecule has 0 saturated carbocycles. The standard InChI is InChI=1S/C10H13NO4S/c1-15-10(14)6-2-3-7(11-4-6)9(13)8(12)5-16/h2-4,8-9,12-13,16H,5H2,1H3. The molecule has 16 heavy (non-hydrogen) atoms. The van der Waals surface area contributed by atoms with E-state index in [4.69, 9.17) is 0 Å². The fourth-order valence-electron chi connectivity index (χ4n) is 1.12. The number of hydrogen-bond donors (Lipinski definition) is 3. The fourth-order valence-corrected chi connectivity index (χ4v) is 1.32. The zero-order valence-electron chi connectivity index (χ0n) is 8.70. The number of rotatable bonds is 4. The molecule has 0 aliphatic rings. The SMILES string of the molecule is COC(=O)c1ccc(C(O)C(O)CS)nc1. The molecular formula is C10H13NO4S. The molecule has 1 aromatic heterocycles. The Morgan fingerprint density at radius 1 is 1.56 bits per heavy atom. The topological polar surface area (TPSA) is 79.7 Å². The molecule has 2 N–H and O–H groups in total.